The molecule has 1 aromatic carbocycles. The molecule has 0 spiro atoms. The molecule has 0 bridgehead atoms. The molecule has 0 amide bonds. The van der Waals surface area contributed by atoms with Crippen LogP contribution in [0.1, 0.15) is 71.2 Å². The van der Waals surface area contributed by atoms with Crippen LogP contribution in [0, 0.1) is 0 Å². The van der Waals surface area contributed by atoms with Gasteiger partial charge in [0.15, 0.2) is 0 Å². The van der Waals surface area contributed by atoms with Crippen molar-refractivity contribution in [3.05, 3.63) is 53.3 Å². The van der Waals surface area contributed by atoms with Crippen molar-refractivity contribution in [3.63, 3.8) is 0 Å². The zero-order valence-electron chi connectivity index (χ0n) is 20.2. The first-order valence-corrected chi connectivity index (χ1v) is 11.9. The summed E-state index contributed by atoms with van der Waals surface area (Å²) in [6, 6.07) is 11.0. The number of thioether (sulfide) groups is 1. The lowest BCUT2D eigenvalue weighted by molar-refractivity contribution is 0.0785. The van der Waals surface area contributed by atoms with Crippen LogP contribution in [-0.2, 0) is 13.0 Å². The summed E-state index contributed by atoms with van der Waals surface area (Å²) in [4.78, 5) is 5.79. The van der Waals surface area contributed by atoms with Crippen LogP contribution in [0.25, 0.3) is 10.9 Å². The van der Waals surface area contributed by atoms with Gasteiger partial charge in [0.05, 0.1) is 5.60 Å². The number of rotatable bonds is 7. The first-order valence-electron chi connectivity index (χ1n) is 11.1. The highest BCUT2D eigenvalue weighted by Crippen LogP contribution is 2.43. The maximum atomic E-state index is 10.8. The van der Waals surface area contributed by atoms with Crippen LogP contribution < -0.4 is 5.32 Å². The second-order valence-electron chi connectivity index (χ2n) is 10.3. The average Bonchev–Trinajstić information content (AvgIpc) is 2.92. The molecule has 5 heteroatoms. The van der Waals surface area contributed by atoms with E-state index in [0.29, 0.717) is 12.3 Å². The summed E-state index contributed by atoms with van der Waals surface area (Å²) < 4.78 is 2.44. The van der Waals surface area contributed by atoms with E-state index in [-0.39, 0.29) is 4.75 Å². The Labute approximate surface area is 191 Å². The van der Waals surface area contributed by atoms with Crippen LogP contribution >= 0.6 is 11.8 Å². The minimum Gasteiger partial charge on any atom is -0.390 e. The maximum absolute atomic E-state index is 10.8. The molecule has 2 heterocycles. The lowest BCUT2D eigenvalue weighted by Crippen LogP contribution is -2.24. The molecule has 0 aliphatic heterocycles. The fourth-order valence-corrected chi connectivity index (χ4v) is 4.97. The Hall–Kier alpha value is -1.98. The molecular formula is C26H37N3OS. The number of aromatic nitrogens is 2. The average molecular weight is 440 g/mol. The number of anilines is 1. The number of hydrogen-bond donors (Lipinski definition) is 2. The van der Waals surface area contributed by atoms with Gasteiger partial charge in [-0.2, -0.15) is 0 Å². The maximum Gasteiger partial charge on any atom is 0.125 e. The van der Waals surface area contributed by atoms with Gasteiger partial charge in [-0.15, -0.1) is 11.8 Å². The molecule has 0 atom stereocenters. The minimum atomic E-state index is -0.797. The fraction of sp³-hybridized carbons (Fsp3) is 0.500. The highest BCUT2D eigenvalue weighted by atomic mass is 32.2. The van der Waals surface area contributed by atoms with E-state index in [1.807, 2.05) is 44.9 Å². The molecule has 0 aliphatic rings. The number of fused-ring (bicyclic) bond motifs is 1. The second-order valence-corrected chi connectivity index (χ2v) is 12.1. The largest absolute Gasteiger partial charge is 0.390 e. The molecule has 0 aliphatic carbocycles. The zero-order chi connectivity index (χ0) is 23.0. The zero-order valence-corrected chi connectivity index (χ0v) is 21.0. The Balaban J connectivity index is 2.24. The van der Waals surface area contributed by atoms with Crippen LogP contribution in [-0.4, -0.2) is 32.1 Å². The van der Waals surface area contributed by atoms with E-state index in [4.69, 9.17) is 0 Å². The molecule has 0 saturated heterocycles. The quantitative estimate of drug-likeness (QED) is 0.415. The van der Waals surface area contributed by atoms with Gasteiger partial charge in [-0.25, -0.2) is 4.98 Å². The molecule has 31 heavy (non-hydrogen) atoms. The van der Waals surface area contributed by atoms with Gasteiger partial charge in [-0.1, -0.05) is 46.8 Å². The molecule has 3 aromatic rings. The molecule has 0 radical (unpaired) electrons. The normalized spacial score (nSPS) is 12.7. The van der Waals surface area contributed by atoms with Gasteiger partial charge in [0.2, 0.25) is 0 Å². The Bertz CT molecular complexity index is 1040. The van der Waals surface area contributed by atoms with E-state index in [9.17, 15) is 5.11 Å². The number of pyridine rings is 1. The fourth-order valence-electron chi connectivity index (χ4n) is 3.79. The third kappa shape index (κ3) is 5.83. The van der Waals surface area contributed by atoms with Gasteiger partial charge >= 0.3 is 0 Å². The van der Waals surface area contributed by atoms with Crippen molar-refractivity contribution in [2.45, 2.75) is 82.6 Å². The SMILES string of the molecule is CNc1ccc(Cn2c(CC(C)(C)O)c(SC(C)(C)C)c3cc(C(C)C)ccc32)cn1. The Morgan fingerprint density at radius 1 is 1.10 bits per heavy atom. The summed E-state index contributed by atoms with van der Waals surface area (Å²) in [6.07, 6.45) is 2.53. The highest BCUT2D eigenvalue weighted by Gasteiger charge is 2.27. The number of hydrogen-bond acceptors (Lipinski definition) is 4. The van der Waals surface area contributed by atoms with Crippen molar-refractivity contribution in [3.8, 4) is 0 Å². The van der Waals surface area contributed by atoms with Crippen molar-refractivity contribution in [2.24, 2.45) is 0 Å². The molecule has 4 nitrogen and oxygen atoms in total. The summed E-state index contributed by atoms with van der Waals surface area (Å²) >= 11 is 1.90. The minimum absolute atomic E-state index is 0.0668. The van der Waals surface area contributed by atoms with E-state index < -0.39 is 5.60 Å². The summed E-state index contributed by atoms with van der Waals surface area (Å²) in [5.74, 6) is 1.33. The van der Waals surface area contributed by atoms with Crippen molar-refractivity contribution in [1.82, 2.24) is 9.55 Å². The van der Waals surface area contributed by atoms with E-state index in [1.165, 1.54) is 27.1 Å². The molecule has 0 unspecified atom stereocenters. The second kappa shape index (κ2) is 8.87. The van der Waals surface area contributed by atoms with Crippen LogP contribution in [0.4, 0.5) is 5.82 Å². The van der Waals surface area contributed by atoms with Crippen molar-refractivity contribution in [2.75, 3.05) is 12.4 Å². The highest BCUT2D eigenvalue weighted by molar-refractivity contribution is 8.00. The van der Waals surface area contributed by atoms with Crippen LogP contribution in [0.3, 0.4) is 0 Å². The van der Waals surface area contributed by atoms with E-state index in [2.05, 4.69) is 73.8 Å². The predicted molar refractivity (Wildman–Crippen MR) is 135 cm³/mol. The predicted octanol–water partition coefficient (Wildman–Crippen LogP) is 6.45. The van der Waals surface area contributed by atoms with E-state index in [1.54, 1.807) is 0 Å². The first kappa shape index (κ1) is 23.7. The molecule has 168 valence electrons. The van der Waals surface area contributed by atoms with E-state index >= 15 is 0 Å². The van der Waals surface area contributed by atoms with Gasteiger partial charge in [0.1, 0.15) is 5.82 Å². The number of aliphatic hydroxyl groups is 1. The summed E-state index contributed by atoms with van der Waals surface area (Å²) in [5, 5.41) is 15.1. The summed E-state index contributed by atoms with van der Waals surface area (Å²) in [6.45, 7) is 15.7. The Kier molecular flexibility index (Phi) is 6.78. The van der Waals surface area contributed by atoms with Gasteiger partial charge in [0, 0.05) is 52.4 Å². The number of nitrogens with one attached hydrogen (secondary N) is 1. The molecule has 2 aromatic heterocycles. The van der Waals surface area contributed by atoms with Crippen molar-refractivity contribution < 1.29 is 5.11 Å². The van der Waals surface area contributed by atoms with Crippen LogP contribution in [0.5, 0.6) is 0 Å². The van der Waals surface area contributed by atoms with Crippen molar-refractivity contribution >= 4 is 28.5 Å². The van der Waals surface area contributed by atoms with Gasteiger partial charge in [-0.05, 0) is 49.1 Å². The Morgan fingerprint density at radius 2 is 1.81 bits per heavy atom. The Morgan fingerprint density at radius 3 is 2.32 bits per heavy atom. The first-order chi connectivity index (χ1) is 14.4. The topological polar surface area (TPSA) is 50.1 Å². The van der Waals surface area contributed by atoms with Gasteiger partial charge < -0.3 is 15.0 Å². The monoisotopic (exact) mass is 439 g/mol. The number of nitrogens with zero attached hydrogens (tertiary/aromatic N) is 2. The smallest absolute Gasteiger partial charge is 0.125 e. The van der Waals surface area contributed by atoms with Crippen LogP contribution in [0.15, 0.2) is 41.4 Å². The lowest BCUT2D eigenvalue weighted by atomic mass is 10.0. The lowest BCUT2D eigenvalue weighted by Gasteiger charge is -2.23. The molecular weight excluding hydrogens is 402 g/mol. The molecule has 0 fully saturated rings. The number of benzene rings is 1. The standard InChI is InChI=1S/C26H37N3OS/c1-17(2)19-10-11-21-20(13-19)24(31-25(3,4)5)22(14-26(6,7)30)29(21)16-18-9-12-23(27-8)28-15-18/h9-13,15,17,30H,14,16H2,1-8H3,(H,27,28). The molecule has 0 saturated carbocycles. The van der Waals surface area contributed by atoms with Crippen LogP contribution in [0.2, 0.25) is 0 Å². The van der Waals surface area contributed by atoms with Gasteiger partial charge in [-0.3, -0.25) is 0 Å². The molecule has 2 N–H and O–H groups in total. The summed E-state index contributed by atoms with van der Waals surface area (Å²) in [5.41, 5.74) is 4.10. The van der Waals surface area contributed by atoms with Crippen molar-refractivity contribution in [1.29, 1.82) is 0 Å². The van der Waals surface area contributed by atoms with Gasteiger partial charge in [0.25, 0.3) is 0 Å². The third-order valence-corrected chi connectivity index (χ3v) is 6.51. The van der Waals surface area contributed by atoms with E-state index in [0.717, 1.165) is 17.9 Å². The third-order valence-electron chi connectivity index (χ3n) is 5.24. The molecule has 3 rings (SSSR count). The summed E-state index contributed by atoms with van der Waals surface area (Å²) in [7, 11) is 1.88.